The molecule has 3 rings (SSSR count). The summed E-state index contributed by atoms with van der Waals surface area (Å²) in [7, 11) is 0. The fourth-order valence-electron chi connectivity index (χ4n) is 2.64. The maximum atomic E-state index is 12.1. The Morgan fingerprint density at radius 1 is 1.07 bits per heavy atom. The van der Waals surface area contributed by atoms with Gasteiger partial charge in [-0.2, -0.15) is 0 Å². The van der Waals surface area contributed by atoms with Crippen LogP contribution in [0, 0.1) is 5.92 Å². The summed E-state index contributed by atoms with van der Waals surface area (Å²) >= 11 is 0. The number of carbonyl (C=O) groups is 2. The quantitative estimate of drug-likeness (QED) is 0.600. The Morgan fingerprint density at radius 3 is 2.52 bits per heavy atom. The average molecular weight is 364 g/mol. The molecule has 0 unspecified atom stereocenters. The van der Waals surface area contributed by atoms with Gasteiger partial charge in [0, 0.05) is 31.0 Å². The summed E-state index contributed by atoms with van der Waals surface area (Å²) in [5.41, 5.74) is 3.64. The molecule has 6 heteroatoms. The summed E-state index contributed by atoms with van der Waals surface area (Å²) in [5.74, 6) is 0.724. The third kappa shape index (κ3) is 5.17. The average Bonchev–Trinajstić information content (AvgIpc) is 3.08. The van der Waals surface area contributed by atoms with Gasteiger partial charge in [-0.3, -0.25) is 9.59 Å². The minimum Gasteiger partial charge on any atom is -0.352 e. The lowest BCUT2D eigenvalue weighted by Gasteiger charge is -2.09. The van der Waals surface area contributed by atoms with Crippen molar-refractivity contribution >= 4 is 28.5 Å². The van der Waals surface area contributed by atoms with Crippen LogP contribution in [0.2, 0.25) is 0 Å². The second-order valence-electron chi connectivity index (χ2n) is 6.82. The van der Waals surface area contributed by atoms with E-state index in [0.29, 0.717) is 19.4 Å². The second kappa shape index (κ2) is 8.49. The summed E-state index contributed by atoms with van der Waals surface area (Å²) in [6.45, 7) is 4.16. The van der Waals surface area contributed by atoms with E-state index in [0.717, 1.165) is 28.1 Å². The van der Waals surface area contributed by atoms with E-state index in [1.165, 1.54) is 0 Å². The summed E-state index contributed by atoms with van der Waals surface area (Å²) in [4.78, 5) is 31.5. The van der Waals surface area contributed by atoms with Gasteiger partial charge in [-0.1, -0.05) is 38.1 Å². The minimum atomic E-state index is -0.0595. The third-order valence-corrected chi connectivity index (χ3v) is 4.26. The monoisotopic (exact) mass is 364 g/mol. The number of aromatic nitrogens is 2. The molecule has 3 aromatic rings. The van der Waals surface area contributed by atoms with Gasteiger partial charge in [-0.05, 0) is 29.8 Å². The first-order valence-electron chi connectivity index (χ1n) is 9.11. The van der Waals surface area contributed by atoms with E-state index >= 15 is 0 Å². The largest absolute Gasteiger partial charge is 0.352 e. The first kappa shape index (κ1) is 18.6. The number of amides is 2. The molecule has 0 aliphatic heterocycles. The lowest BCUT2D eigenvalue weighted by Crippen LogP contribution is -2.23. The van der Waals surface area contributed by atoms with Gasteiger partial charge >= 0.3 is 0 Å². The molecule has 0 saturated heterocycles. The van der Waals surface area contributed by atoms with Crippen molar-refractivity contribution in [1.82, 2.24) is 15.3 Å². The molecule has 0 saturated carbocycles. The van der Waals surface area contributed by atoms with Gasteiger partial charge in [-0.25, -0.2) is 4.98 Å². The number of H-pyrrole nitrogens is 1. The maximum Gasteiger partial charge on any atom is 0.226 e. The van der Waals surface area contributed by atoms with Gasteiger partial charge in [0.1, 0.15) is 5.82 Å². The van der Waals surface area contributed by atoms with Crippen molar-refractivity contribution in [3.8, 4) is 0 Å². The number of fused-ring (bicyclic) bond motifs is 1. The Hall–Kier alpha value is -3.15. The molecule has 0 aliphatic carbocycles. The van der Waals surface area contributed by atoms with Crippen LogP contribution in [-0.2, 0) is 22.6 Å². The van der Waals surface area contributed by atoms with Gasteiger partial charge in [0.2, 0.25) is 11.8 Å². The molecule has 1 aromatic heterocycles. The lowest BCUT2D eigenvalue weighted by atomic mass is 10.1. The van der Waals surface area contributed by atoms with E-state index in [1.54, 1.807) is 0 Å². The summed E-state index contributed by atoms with van der Waals surface area (Å²) in [6.07, 6.45) is 0.947. The van der Waals surface area contributed by atoms with Crippen molar-refractivity contribution in [3.63, 3.8) is 0 Å². The van der Waals surface area contributed by atoms with Crippen LogP contribution in [0.25, 0.3) is 11.0 Å². The van der Waals surface area contributed by atoms with E-state index in [2.05, 4.69) is 20.6 Å². The first-order chi connectivity index (χ1) is 13.0. The Kier molecular flexibility index (Phi) is 5.86. The molecule has 0 atom stereocenters. The molecule has 0 fully saturated rings. The third-order valence-electron chi connectivity index (χ3n) is 4.26. The molecule has 6 nitrogen and oxygen atoms in total. The highest BCUT2D eigenvalue weighted by Crippen LogP contribution is 2.12. The van der Waals surface area contributed by atoms with Crippen LogP contribution >= 0.6 is 0 Å². The van der Waals surface area contributed by atoms with Gasteiger partial charge < -0.3 is 15.6 Å². The predicted molar refractivity (Wildman–Crippen MR) is 106 cm³/mol. The number of benzene rings is 2. The zero-order valence-electron chi connectivity index (χ0n) is 15.6. The predicted octanol–water partition coefficient (Wildman–Crippen LogP) is 3.41. The lowest BCUT2D eigenvalue weighted by molar-refractivity contribution is -0.121. The van der Waals surface area contributed by atoms with Gasteiger partial charge in [0.05, 0.1) is 11.0 Å². The van der Waals surface area contributed by atoms with Crippen LogP contribution in [0.5, 0.6) is 0 Å². The molecule has 2 amide bonds. The van der Waals surface area contributed by atoms with Gasteiger partial charge in [-0.15, -0.1) is 0 Å². The highest BCUT2D eigenvalue weighted by molar-refractivity contribution is 5.92. The van der Waals surface area contributed by atoms with Crippen molar-refractivity contribution in [2.24, 2.45) is 5.92 Å². The Bertz CT molecular complexity index is 896. The van der Waals surface area contributed by atoms with Crippen LogP contribution in [0.4, 0.5) is 5.69 Å². The molecular formula is C21H24N4O2. The molecule has 1 heterocycles. The number of imidazole rings is 1. The molecular weight excluding hydrogens is 340 g/mol. The number of aryl methyl sites for hydroxylation is 1. The van der Waals surface area contributed by atoms with Crippen molar-refractivity contribution in [2.45, 2.75) is 33.2 Å². The smallest absolute Gasteiger partial charge is 0.226 e. The van der Waals surface area contributed by atoms with E-state index in [9.17, 15) is 9.59 Å². The number of nitrogens with one attached hydrogen (secondary N) is 3. The Labute approximate surface area is 158 Å². The number of hydrogen-bond acceptors (Lipinski definition) is 3. The Morgan fingerprint density at radius 2 is 1.81 bits per heavy atom. The van der Waals surface area contributed by atoms with E-state index in [4.69, 9.17) is 0 Å². The zero-order chi connectivity index (χ0) is 19.2. The summed E-state index contributed by atoms with van der Waals surface area (Å²) < 4.78 is 0. The van der Waals surface area contributed by atoms with E-state index in [1.807, 2.05) is 62.4 Å². The number of nitrogens with zero attached hydrogens (tertiary/aromatic N) is 1. The zero-order valence-corrected chi connectivity index (χ0v) is 15.6. The van der Waals surface area contributed by atoms with Gasteiger partial charge in [0.25, 0.3) is 0 Å². The molecule has 0 bridgehead atoms. The molecule has 0 spiro atoms. The SMILES string of the molecule is CC(C)C(=O)Nc1ccc(CNC(=O)CCc2nc3ccccc3[nH]2)cc1. The number of anilines is 1. The maximum absolute atomic E-state index is 12.1. The van der Waals surface area contributed by atoms with Gasteiger partial charge in [0.15, 0.2) is 0 Å². The van der Waals surface area contributed by atoms with E-state index in [-0.39, 0.29) is 17.7 Å². The molecule has 140 valence electrons. The number of hydrogen-bond donors (Lipinski definition) is 3. The molecule has 0 aliphatic rings. The highest BCUT2D eigenvalue weighted by atomic mass is 16.2. The molecule has 2 aromatic carbocycles. The van der Waals surface area contributed by atoms with Crippen molar-refractivity contribution in [1.29, 1.82) is 0 Å². The number of rotatable bonds is 7. The van der Waals surface area contributed by atoms with E-state index < -0.39 is 0 Å². The topological polar surface area (TPSA) is 86.9 Å². The van der Waals surface area contributed by atoms with Crippen LogP contribution in [0.1, 0.15) is 31.7 Å². The molecule has 0 radical (unpaired) electrons. The fourth-order valence-corrected chi connectivity index (χ4v) is 2.64. The number of para-hydroxylation sites is 2. The normalized spacial score (nSPS) is 10.9. The van der Waals surface area contributed by atoms with Crippen LogP contribution in [0.15, 0.2) is 48.5 Å². The first-order valence-corrected chi connectivity index (χ1v) is 9.11. The van der Waals surface area contributed by atoms with Crippen molar-refractivity contribution in [2.75, 3.05) is 5.32 Å². The summed E-state index contributed by atoms with van der Waals surface area (Å²) in [6, 6.07) is 15.3. The standard InChI is InChI=1S/C21H24N4O2/c1-14(2)21(27)23-16-9-7-15(8-10-16)13-22-20(26)12-11-19-24-17-5-3-4-6-18(17)25-19/h3-10,14H,11-13H2,1-2H3,(H,22,26)(H,23,27)(H,24,25). The highest BCUT2D eigenvalue weighted by Gasteiger charge is 2.08. The van der Waals surface area contributed by atoms with Crippen LogP contribution in [0.3, 0.4) is 0 Å². The number of carbonyl (C=O) groups excluding carboxylic acids is 2. The minimum absolute atomic E-state index is 0.0124. The van der Waals surface area contributed by atoms with Crippen molar-refractivity contribution in [3.05, 3.63) is 59.9 Å². The van der Waals surface area contributed by atoms with Crippen molar-refractivity contribution < 1.29 is 9.59 Å². The summed E-state index contributed by atoms with van der Waals surface area (Å²) in [5, 5.41) is 5.76. The molecule has 3 N–H and O–H groups in total. The van der Waals surface area contributed by atoms with Crippen LogP contribution in [-0.4, -0.2) is 21.8 Å². The fraction of sp³-hybridized carbons (Fsp3) is 0.286. The second-order valence-corrected chi connectivity index (χ2v) is 6.82. The number of aromatic amines is 1. The molecule has 27 heavy (non-hydrogen) atoms. The Balaban J connectivity index is 1.45. The van der Waals surface area contributed by atoms with Crippen LogP contribution < -0.4 is 10.6 Å².